The highest BCUT2D eigenvalue weighted by molar-refractivity contribution is 5.99. The topological polar surface area (TPSA) is 156 Å². The van der Waals surface area contributed by atoms with Gasteiger partial charge in [-0.3, -0.25) is 47.5 Å². The normalized spacial score (nSPS) is 13.1. The zero-order chi connectivity index (χ0) is 57.4. The largest absolute Gasteiger partial charge is 0.399 e. The summed E-state index contributed by atoms with van der Waals surface area (Å²) in [6.07, 6.45) is -9.18. The van der Waals surface area contributed by atoms with Crippen molar-refractivity contribution in [2.24, 2.45) is 14.1 Å². The molecule has 4 heterocycles. The molecular weight excluding hydrogens is 1020 g/mol. The monoisotopic (exact) mass is 1070 g/mol. The van der Waals surface area contributed by atoms with E-state index in [2.05, 4.69) is 0 Å². The molecule has 400 valence electrons. The molecule has 78 heavy (non-hydrogen) atoms. The van der Waals surface area contributed by atoms with E-state index in [-0.39, 0.29) is 82.3 Å². The Morgan fingerprint density at radius 3 is 1.04 bits per heavy atom. The number of nitrogens with zero attached hydrogens (tertiary/aromatic N) is 4. The van der Waals surface area contributed by atoms with E-state index in [1.807, 2.05) is 13.8 Å². The highest BCUT2D eigenvalue weighted by Crippen LogP contribution is 2.46. The van der Waals surface area contributed by atoms with E-state index in [0.717, 1.165) is 40.5 Å². The van der Waals surface area contributed by atoms with Crippen LogP contribution in [0.3, 0.4) is 0 Å². The van der Waals surface area contributed by atoms with E-state index in [1.54, 1.807) is 66.7 Å². The number of benzene rings is 6. The number of fused-ring (bicyclic) bond motifs is 4. The number of alkyl halides is 6. The Morgan fingerprint density at radius 2 is 0.628 bits per heavy atom. The predicted octanol–water partition coefficient (Wildman–Crippen LogP) is 9.35. The number of aromatic nitrogens is 4. The molecule has 0 radical (unpaired) electrons. The Balaban J connectivity index is 0.000000190. The molecule has 0 aliphatic heterocycles. The molecule has 0 aliphatic carbocycles. The molecule has 10 rings (SSSR count). The number of hydrogen-bond donors (Lipinski definition) is 0. The van der Waals surface area contributed by atoms with E-state index in [0.29, 0.717) is 27.8 Å². The zero-order valence-electron chi connectivity index (χ0n) is 44.4. The van der Waals surface area contributed by atoms with E-state index < -0.39 is 68.7 Å². The van der Waals surface area contributed by atoms with Crippen LogP contribution < -0.4 is 44.5 Å². The molecular formula is C60H50F6N4O8. The van der Waals surface area contributed by atoms with Gasteiger partial charge in [0.05, 0.1) is 54.5 Å². The van der Waals surface area contributed by atoms with Gasteiger partial charge in [-0.05, 0) is 184 Å². The first-order valence-corrected chi connectivity index (χ1v) is 24.6. The zero-order valence-corrected chi connectivity index (χ0v) is 44.4. The van der Waals surface area contributed by atoms with E-state index in [9.17, 15) is 64.7 Å². The molecule has 0 spiro atoms. The Labute approximate surface area is 438 Å². The number of aryl methyl sites for hydroxylation is 6. The van der Waals surface area contributed by atoms with Crippen LogP contribution in [0, 0.1) is 69.2 Å². The van der Waals surface area contributed by atoms with E-state index in [1.165, 1.54) is 75.6 Å². The van der Waals surface area contributed by atoms with Gasteiger partial charge in [0.25, 0.3) is 44.5 Å². The molecule has 0 aliphatic rings. The van der Waals surface area contributed by atoms with Crippen LogP contribution in [0.2, 0.25) is 0 Å². The first kappa shape index (κ1) is 54.3. The minimum atomic E-state index is -4.59. The van der Waals surface area contributed by atoms with Crippen molar-refractivity contribution in [3.63, 3.8) is 0 Å². The molecule has 0 bridgehead atoms. The van der Waals surface area contributed by atoms with Crippen LogP contribution in [0.4, 0.5) is 26.3 Å². The Morgan fingerprint density at radius 1 is 0.308 bits per heavy atom. The van der Waals surface area contributed by atoms with Crippen LogP contribution in [0.25, 0.3) is 54.5 Å². The maximum Gasteiger partial charge on any atom is 0.399 e. The number of hydrogen-bond acceptors (Lipinski definition) is 8. The lowest BCUT2D eigenvalue weighted by atomic mass is 9.82. The highest BCUT2D eigenvalue weighted by Gasteiger charge is 2.45. The lowest BCUT2D eigenvalue weighted by Crippen LogP contribution is -2.27. The molecule has 0 amide bonds. The third kappa shape index (κ3) is 8.30. The molecule has 0 N–H and O–H groups in total. The van der Waals surface area contributed by atoms with Crippen LogP contribution >= 0.6 is 0 Å². The van der Waals surface area contributed by atoms with Crippen LogP contribution in [-0.4, -0.2) is 30.6 Å². The first-order valence-electron chi connectivity index (χ1n) is 24.6. The maximum atomic E-state index is 14.5. The second-order valence-corrected chi connectivity index (χ2v) is 20.5. The van der Waals surface area contributed by atoms with Crippen molar-refractivity contribution in [2.45, 2.75) is 93.4 Å². The molecule has 0 saturated heterocycles. The first-order chi connectivity index (χ1) is 36.3. The molecule has 6 aromatic carbocycles. The van der Waals surface area contributed by atoms with Gasteiger partial charge in [-0.2, -0.15) is 26.3 Å². The van der Waals surface area contributed by atoms with Gasteiger partial charge in [0.15, 0.2) is 0 Å². The van der Waals surface area contributed by atoms with Crippen molar-refractivity contribution in [3.8, 4) is 11.4 Å². The molecule has 18 heteroatoms. The van der Waals surface area contributed by atoms with Gasteiger partial charge in [-0.1, -0.05) is 36.4 Å². The standard InChI is InChI=1S/2C30H25F3N2O4/c1-13-7-15(3)18(8-14(13)2)25(30(31,32)33)19-9-17(5)24(10-16(19)4)35-28(38)22-11-20-21(12-23(22)29(35)39)27(37)34(6)26(20)36;1-13-7-8-18(15(3)14(13)2)25(30(31,32)33)19-9-10-24(17(5)16(19)4)35-28(38)22-11-20-21(12-23(22)29(35)39)27(37)34(6)26(20)36/h2*7-12,25H,1-6H3. The van der Waals surface area contributed by atoms with Gasteiger partial charge in [0.2, 0.25) is 0 Å². The molecule has 0 saturated carbocycles. The van der Waals surface area contributed by atoms with E-state index in [4.69, 9.17) is 0 Å². The van der Waals surface area contributed by atoms with Gasteiger partial charge >= 0.3 is 12.4 Å². The second-order valence-electron chi connectivity index (χ2n) is 20.5. The summed E-state index contributed by atoms with van der Waals surface area (Å²) in [7, 11) is 2.63. The quantitative estimate of drug-likeness (QED) is 0.149. The molecule has 2 unspecified atom stereocenters. The lowest BCUT2D eigenvalue weighted by molar-refractivity contribution is -0.142. The minimum absolute atomic E-state index is 0.0317. The maximum absolute atomic E-state index is 14.5. The summed E-state index contributed by atoms with van der Waals surface area (Å²) in [5.74, 6) is -3.80. The summed E-state index contributed by atoms with van der Waals surface area (Å²) in [5, 5.41) is -0.00173. The average Bonchev–Trinajstić information content (AvgIpc) is 4.17. The minimum Gasteiger partial charge on any atom is -0.277 e. The fraction of sp³-hybridized carbons (Fsp3) is 0.267. The fourth-order valence-electron chi connectivity index (χ4n) is 11.0. The van der Waals surface area contributed by atoms with Gasteiger partial charge in [-0.15, -0.1) is 0 Å². The van der Waals surface area contributed by atoms with Crippen LogP contribution in [0.5, 0.6) is 0 Å². The Kier molecular flexibility index (Phi) is 12.9. The van der Waals surface area contributed by atoms with Crippen molar-refractivity contribution >= 4 is 43.1 Å². The summed E-state index contributed by atoms with van der Waals surface area (Å²) in [5.41, 5.74) is 1.14. The summed E-state index contributed by atoms with van der Waals surface area (Å²) in [6.45, 7) is 16.8. The highest BCUT2D eigenvalue weighted by atomic mass is 19.4. The Hall–Kier alpha value is -8.54. The van der Waals surface area contributed by atoms with Crippen molar-refractivity contribution in [1.82, 2.24) is 18.3 Å². The molecule has 4 aromatic heterocycles. The van der Waals surface area contributed by atoms with Crippen LogP contribution in [-0.2, 0) is 14.1 Å². The fourth-order valence-corrected chi connectivity index (χ4v) is 11.0. The summed E-state index contributed by atoms with van der Waals surface area (Å²) in [4.78, 5) is 103. The SMILES string of the molecule is Cc1cc(C)c(C(c2cc(C)c(-n3c(=O)c4cc5c(=O)n(C)c(=O)c5cc4c3=O)cc2C)C(F)(F)F)cc1C.Cc1ccc(C(c2ccc(-n3c(=O)c4cc5c(=O)n(C)c(=O)c5cc4c3=O)c(C)c2C)C(F)(F)F)c(C)c1C. The van der Waals surface area contributed by atoms with Gasteiger partial charge < -0.3 is 0 Å². The smallest absolute Gasteiger partial charge is 0.277 e. The van der Waals surface area contributed by atoms with Crippen molar-refractivity contribution in [1.29, 1.82) is 0 Å². The molecule has 10 aromatic rings. The summed E-state index contributed by atoms with van der Waals surface area (Å²) in [6, 6.07) is 16.9. The molecule has 2 atom stereocenters. The van der Waals surface area contributed by atoms with Crippen LogP contribution in [0.15, 0.2) is 111 Å². The summed E-state index contributed by atoms with van der Waals surface area (Å²) >= 11 is 0. The van der Waals surface area contributed by atoms with Crippen molar-refractivity contribution in [3.05, 3.63) is 234 Å². The van der Waals surface area contributed by atoms with E-state index >= 15 is 0 Å². The average molecular weight is 1070 g/mol. The third-order valence-corrected chi connectivity index (χ3v) is 15.9. The van der Waals surface area contributed by atoms with Crippen molar-refractivity contribution < 1.29 is 26.3 Å². The van der Waals surface area contributed by atoms with Gasteiger partial charge in [-0.25, -0.2) is 9.13 Å². The Bertz CT molecular complexity index is 4360. The third-order valence-electron chi connectivity index (χ3n) is 15.9. The predicted molar refractivity (Wildman–Crippen MR) is 290 cm³/mol. The number of rotatable bonds is 6. The van der Waals surface area contributed by atoms with Gasteiger partial charge in [0, 0.05) is 14.1 Å². The molecule has 0 fully saturated rings. The second kappa shape index (κ2) is 18.6. The lowest BCUT2D eigenvalue weighted by Gasteiger charge is -2.27. The van der Waals surface area contributed by atoms with Crippen LogP contribution in [0.1, 0.15) is 89.7 Å². The summed E-state index contributed by atoms with van der Waals surface area (Å²) < 4.78 is 90.9. The molecule has 12 nitrogen and oxygen atoms in total. The van der Waals surface area contributed by atoms with Crippen molar-refractivity contribution in [2.75, 3.05) is 0 Å². The number of halogens is 6. The van der Waals surface area contributed by atoms with Gasteiger partial charge in [0.1, 0.15) is 11.8 Å².